The second-order valence-electron chi connectivity index (χ2n) is 3.24. The smallest absolute Gasteiger partial charge is 0.319 e. The second-order valence-corrected chi connectivity index (χ2v) is 3.24. The van der Waals surface area contributed by atoms with Gasteiger partial charge in [-0.1, -0.05) is 13.3 Å². The summed E-state index contributed by atoms with van der Waals surface area (Å²) in [4.78, 5) is 10.9. The van der Waals surface area contributed by atoms with Gasteiger partial charge in [0.25, 0.3) is 0 Å². The van der Waals surface area contributed by atoms with E-state index in [1.807, 2.05) is 12.2 Å². The number of hydrogen-bond acceptors (Lipinski definition) is 3. The molecule has 0 aliphatic rings. The number of ether oxygens (including phenoxy) is 1. The lowest BCUT2D eigenvalue weighted by atomic mass is 10.3. The molecule has 3 nitrogen and oxygen atoms in total. The first kappa shape index (κ1) is 15.2. The number of hydrogen-bond donors (Lipinski definition) is 1. The van der Waals surface area contributed by atoms with Crippen molar-refractivity contribution in [1.82, 2.24) is 5.32 Å². The van der Waals surface area contributed by atoms with Crippen molar-refractivity contribution in [2.45, 2.75) is 32.1 Å². The standard InChI is InChI=1S/C9H15F4NO2/c1-2-3-4-16-7(15)5-14-6-9(12,13)8(10)11/h8,14H,2-6H2,1H3. The van der Waals surface area contributed by atoms with E-state index < -0.39 is 31.4 Å². The summed E-state index contributed by atoms with van der Waals surface area (Å²) >= 11 is 0. The molecule has 0 spiro atoms. The summed E-state index contributed by atoms with van der Waals surface area (Å²) in [5, 5.41) is 1.93. The summed E-state index contributed by atoms with van der Waals surface area (Å²) in [6, 6.07) is 0. The zero-order valence-electron chi connectivity index (χ0n) is 8.94. The molecule has 0 saturated carbocycles. The first-order chi connectivity index (χ1) is 7.40. The first-order valence-electron chi connectivity index (χ1n) is 4.92. The maximum absolute atomic E-state index is 12.3. The third kappa shape index (κ3) is 6.60. The van der Waals surface area contributed by atoms with Crippen molar-refractivity contribution in [2.24, 2.45) is 0 Å². The van der Waals surface area contributed by atoms with E-state index in [0.29, 0.717) is 6.42 Å². The van der Waals surface area contributed by atoms with Gasteiger partial charge >= 0.3 is 18.3 Å². The normalized spacial score (nSPS) is 11.9. The van der Waals surface area contributed by atoms with Gasteiger partial charge in [0.1, 0.15) is 0 Å². The Morgan fingerprint density at radius 3 is 2.56 bits per heavy atom. The molecular weight excluding hydrogens is 230 g/mol. The van der Waals surface area contributed by atoms with Gasteiger partial charge in [-0.25, -0.2) is 8.78 Å². The summed E-state index contributed by atoms with van der Waals surface area (Å²) in [6.07, 6.45) is -2.22. The summed E-state index contributed by atoms with van der Waals surface area (Å²) in [6.45, 7) is 0.372. The molecule has 0 radical (unpaired) electrons. The van der Waals surface area contributed by atoms with E-state index >= 15 is 0 Å². The first-order valence-corrected chi connectivity index (χ1v) is 4.92. The van der Waals surface area contributed by atoms with Crippen molar-refractivity contribution < 1.29 is 27.1 Å². The van der Waals surface area contributed by atoms with Crippen molar-refractivity contribution in [1.29, 1.82) is 0 Å². The van der Waals surface area contributed by atoms with E-state index in [9.17, 15) is 22.4 Å². The molecule has 1 N–H and O–H groups in total. The van der Waals surface area contributed by atoms with Crippen LogP contribution in [-0.2, 0) is 9.53 Å². The molecule has 16 heavy (non-hydrogen) atoms. The van der Waals surface area contributed by atoms with Crippen LogP contribution in [0.3, 0.4) is 0 Å². The third-order valence-electron chi connectivity index (χ3n) is 1.71. The number of unbranched alkanes of at least 4 members (excludes halogenated alkanes) is 1. The van der Waals surface area contributed by atoms with Gasteiger partial charge < -0.3 is 10.1 Å². The lowest BCUT2D eigenvalue weighted by Crippen LogP contribution is -2.41. The summed E-state index contributed by atoms with van der Waals surface area (Å²) in [5.74, 6) is -4.84. The molecule has 0 atom stereocenters. The average Bonchev–Trinajstić information content (AvgIpc) is 2.17. The molecule has 0 amide bonds. The van der Waals surface area contributed by atoms with Crippen molar-refractivity contribution in [2.75, 3.05) is 19.7 Å². The molecule has 0 aromatic rings. The highest BCUT2D eigenvalue weighted by molar-refractivity contribution is 5.71. The van der Waals surface area contributed by atoms with E-state index in [4.69, 9.17) is 0 Å². The molecule has 0 heterocycles. The van der Waals surface area contributed by atoms with Gasteiger partial charge in [-0.05, 0) is 6.42 Å². The number of carbonyl (C=O) groups is 1. The maximum Gasteiger partial charge on any atom is 0.319 e. The van der Waals surface area contributed by atoms with Gasteiger partial charge in [-0.3, -0.25) is 4.79 Å². The molecule has 0 unspecified atom stereocenters. The Hall–Kier alpha value is -0.850. The Morgan fingerprint density at radius 2 is 2.06 bits per heavy atom. The molecule has 0 saturated heterocycles. The molecule has 0 bridgehead atoms. The minimum atomic E-state index is -4.12. The van der Waals surface area contributed by atoms with Crippen LogP contribution in [0.5, 0.6) is 0 Å². The largest absolute Gasteiger partial charge is 0.465 e. The van der Waals surface area contributed by atoms with E-state index in [1.165, 1.54) is 0 Å². The molecule has 0 rings (SSSR count). The van der Waals surface area contributed by atoms with Crippen LogP contribution in [0, 0.1) is 0 Å². The maximum atomic E-state index is 12.3. The predicted molar refractivity (Wildman–Crippen MR) is 49.7 cm³/mol. The van der Waals surface area contributed by atoms with Crippen LogP contribution < -0.4 is 5.32 Å². The highest BCUT2D eigenvalue weighted by atomic mass is 19.3. The Labute approximate surface area is 91.1 Å². The minimum Gasteiger partial charge on any atom is -0.465 e. The van der Waals surface area contributed by atoms with Crippen LogP contribution >= 0.6 is 0 Å². The number of nitrogens with one attached hydrogen (secondary N) is 1. The Kier molecular flexibility index (Phi) is 7.03. The number of alkyl halides is 4. The Balaban J connectivity index is 3.61. The SMILES string of the molecule is CCCCOC(=O)CNCC(F)(F)C(F)F. The van der Waals surface area contributed by atoms with Crippen LogP contribution in [0.2, 0.25) is 0 Å². The second kappa shape index (κ2) is 7.43. The van der Waals surface area contributed by atoms with Gasteiger partial charge in [-0.15, -0.1) is 0 Å². The van der Waals surface area contributed by atoms with Crippen LogP contribution in [0.4, 0.5) is 17.6 Å². The van der Waals surface area contributed by atoms with Gasteiger partial charge in [0.05, 0.1) is 19.7 Å². The Bertz CT molecular complexity index is 212. The van der Waals surface area contributed by atoms with Crippen LogP contribution in [-0.4, -0.2) is 38.0 Å². The molecule has 0 fully saturated rings. The van der Waals surface area contributed by atoms with Crippen molar-refractivity contribution in [3.8, 4) is 0 Å². The number of halogens is 4. The fourth-order valence-electron chi connectivity index (χ4n) is 0.790. The minimum absolute atomic E-state index is 0.211. The average molecular weight is 245 g/mol. The van der Waals surface area contributed by atoms with Crippen molar-refractivity contribution in [3.63, 3.8) is 0 Å². The molecule has 0 aromatic heterocycles. The highest BCUT2D eigenvalue weighted by Crippen LogP contribution is 2.21. The summed E-state index contributed by atoms with van der Waals surface area (Å²) in [7, 11) is 0. The summed E-state index contributed by atoms with van der Waals surface area (Å²) < 4.78 is 52.7. The van der Waals surface area contributed by atoms with Crippen molar-refractivity contribution in [3.05, 3.63) is 0 Å². The fourth-order valence-corrected chi connectivity index (χ4v) is 0.790. The molecule has 7 heteroatoms. The Morgan fingerprint density at radius 1 is 1.44 bits per heavy atom. The van der Waals surface area contributed by atoms with E-state index in [0.717, 1.165) is 6.42 Å². The quantitative estimate of drug-likeness (QED) is 0.402. The number of esters is 1. The third-order valence-corrected chi connectivity index (χ3v) is 1.71. The lowest BCUT2D eigenvalue weighted by molar-refractivity contribution is -0.144. The van der Waals surface area contributed by atoms with Crippen LogP contribution in [0.25, 0.3) is 0 Å². The molecule has 0 aliphatic heterocycles. The van der Waals surface area contributed by atoms with E-state index in [-0.39, 0.29) is 6.61 Å². The monoisotopic (exact) mass is 245 g/mol. The molecule has 96 valence electrons. The topological polar surface area (TPSA) is 38.3 Å². The molecular formula is C9H15F4NO2. The van der Waals surface area contributed by atoms with Gasteiger partial charge in [0, 0.05) is 0 Å². The van der Waals surface area contributed by atoms with Gasteiger partial charge in [0.2, 0.25) is 0 Å². The van der Waals surface area contributed by atoms with Crippen molar-refractivity contribution >= 4 is 5.97 Å². The number of carbonyl (C=O) groups excluding carboxylic acids is 1. The van der Waals surface area contributed by atoms with Gasteiger partial charge in [-0.2, -0.15) is 8.78 Å². The van der Waals surface area contributed by atoms with Crippen LogP contribution in [0.15, 0.2) is 0 Å². The molecule has 0 aromatic carbocycles. The zero-order chi connectivity index (χ0) is 12.6. The van der Waals surface area contributed by atoms with Gasteiger partial charge in [0.15, 0.2) is 0 Å². The lowest BCUT2D eigenvalue weighted by Gasteiger charge is -2.15. The highest BCUT2D eigenvalue weighted by Gasteiger charge is 2.40. The van der Waals surface area contributed by atoms with E-state index in [1.54, 1.807) is 0 Å². The van der Waals surface area contributed by atoms with E-state index in [2.05, 4.69) is 4.74 Å². The van der Waals surface area contributed by atoms with Crippen LogP contribution in [0.1, 0.15) is 19.8 Å². The molecule has 0 aliphatic carbocycles. The number of rotatable bonds is 8. The predicted octanol–water partition coefficient (Wildman–Crippen LogP) is 1.82. The fraction of sp³-hybridized carbons (Fsp3) is 0.889. The summed E-state index contributed by atoms with van der Waals surface area (Å²) in [5.41, 5.74) is 0. The zero-order valence-corrected chi connectivity index (χ0v) is 8.94.